The van der Waals surface area contributed by atoms with Crippen LogP contribution in [0.2, 0.25) is 0 Å². The van der Waals surface area contributed by atoms with E-state index in [0.717, 1.165) is 13.0 Å². The van der Waals surface area contributed by atoms with Crippen molar-refractivity contribution in [2.45, 2.75) is 44.3 Å². The van der Waals surface area contributed by atoms with Gasteiger partial charge in [-0.2, -0.15) is 0 Å². The molecular weight excluding hydrogens is 214 g/mol. The largest absolute Gasteiger partial charge is 0.395 e. The molecule has 4 heteroatoms. The maximum Gasteiger partial charge on any atom is 0.0585 e. The maximum atomic E-state index is 9.35. The lowest BCUT2D eigenvalue weighted by atomic mass is 10.1. The Kier molecular flexibility index (Phi) is 4.79. The zero-order valence-electron chi connectivity index (χ0n) is 11.2. The molecule has 2 atom stereocenters. The van der Waals surface area contributed by atoms with E-state index >= 15 is 0 Å². The smallest absolute Gasteiger partial charge is 0.0585 e. The van der Waals surface area contributed by atoms with Gasteiger partial charge in [0.25, 0.3) is 0 Å². The molecule has 1 saturated carbocycles. The number of aliphatic hydroxyl groups is 1. The third kappa shape index (κ3) is 4.21. The van der Waals surface area contributed by atoms with Crippen LogP contribution in [0, 0.1) is 0 Å². The molecule has 0 spiro atoms. The van der Waals surface area contributed by atoms with Gasteiger partial charge in [0.05, 0.1) is 6.61 Å². The summed E-state index contributed by atoms with van der Waals surface area (Å²) >= 11 is 0. The first kappa shape index (κ1) is 13.3. The molecule has 1 aliphatic carbocycles. The quantitative estimate of drug-likeness (QED) is 0.693. The number of piperazine rings is 1. The summed E-state index contributed by atoms with van der Waals surface area (Å²) in [5.41, 5.74) is 0. The van der Waals surface area contributed by atoms with E-state index in [-0.39, 0.29) is 6.61 Å². The number of aliphatic hydroxyl groups excluding tert-OH is 1. The normalized spacial score (nSPS) is 29.5. The van der Waals surface area contributed by atoms with Crippen LogP contribution >= 0.6 is 0 Å². The molecule has 100 valence electrons. The first-order chi connectivity index (χ1) is 8.19. The summed E-state index contributed by atoms with van der Waals surface area (Å²) in [7, 11) is 2.19. The molecule has 2 unspecified atom stereocenters. The van der Waals surface area contributed by atoms with Crippen molar-refractivity contribution >= 4 is 0 Å². The Bertz CT molecular complexity index is 233. The minimum Gasteiger partial charge on any atom is -0.395 e. The summed E-state index contributed by atoms with van der Waals surface area (Å²) in [6, 6.07) is 1.64. The number of hydrogen-bond acceptors (Lipinski definition) is 4. The predicted molar refractivity (Wildman–Crippen MR) is 70.2 cm³/mol. The number of nitrogens with zero attached hydrogens (tertiary/aromatic N) is 2. The highest BCUT2D eigenvalue weighted by molar-refractivity contribution is 4.86. The minimum absolute atomic E-state index is 0.276. The van der Waals surface area contributed by atoms with Crippen LogP contribution in [0.1, 0.15) is 26.2 Å². The molecule has 0 amide bonds. The molecule has 1 saturated heterocycles. The Labute approximate surface area is 105 Å². The average molecular weight is 241 g/mol. The van der Waals surface area contributed by atoms with Crippen molar-refractivity contribution in [1.29, 1.82) is 0 Å². The van der Waals surface area contributed by atoms with Gasteiger partial charge in [-0.1, -0.05) is 0 Å². The molecule has 2 rings (SSSR count). The van der Waals surface area contributed by atoms with Crippen molar-refractivity contribution in [2.75, 3.05) is 39.8 Å². The van der Waals surface area contributed by atoms with Crippen LogP contribution in [0.5, 0.6) is 0 Å². The SMILES string of the molecule is CC1CN(C)CCN1CCC(CO)NC1CC1. The topological polar surface area (TPSA) is 38.7 Å². The highest BCUT2D eigenvalue weighted by atomic mass is 16.3. The molecule has 2 aliphatic rings. The third-order valence-electron chi connectivity index (χ3n) is 4.00. The van der Waals surface area contributed by atoms with Crippen LogP contribution in [0.4, 0.5) is 0 Å². The Morgan fingerprint density at radius 3 is 2.71 bits per heavy atom. The molecule has 2 fully saturated rings. The van der Waals surface area contributed by atoms with Crippen molar-refractivity contribution in [3.63, 3.8) is 0 Å². The van der Waals surface area contributed by atoms with Gasteiger partial charge in [-0.25, -0.2) is 0 Å². The summed E-state index contributed by atoms with van der Waals surface area (Å²) in [5, 5.41) is 12.9. The number of nitrogens with one attached hydrogen (secondary N) is 1. The average Bonchev–Trinajstić information content (AvgIpc) is 3.10. The zero-order valence-corrected chi connectivity index (χ0v) is 11.2. The van der Waals surface area contributed by atoms with E-state index in [0.29, 0.717) is 18.1 Å². The molecular formula is C13H27N3O. The first-order valence-electron chi connectivity index (χ1n) is 6.98. The van der Waals surface area contributed by atoms with Gasteiger partial charge in [0.1, 0.15) is 0 Å². The van der Waals surface area contributed by atoms with Gasteiger partial charge in [-0.3, -0.25) is 4.90 Å². The van der Waals surface area contributed by atoms with E-state index in [2.05, 4.69) is 29.1 Å². The third-order valence-corrected chi connectivity index (χ3v) is 4.00. The van der Waals surface area contributed by atoms with Crippen LogP contribution in [-0.4, -0.2) is 72.9 Å². The second-order valence-electron chi connectivity index (χ2n) is 5.76. The molecule has 17 heavy (non-hydrogen) atoms. The summed E-state index contributed by atoms with van der Waals surface area (Å²) in [6.07, 6.45) is 3.66. The lowest BCUT2D eigenvalue weighted by Crippen LogP contribution is -2.51. The van der Waals surface area contributed by atoms with E-state index < -0.39 is 0 Å². The maximum absolute atomic E-state index is 9.35. The van der Waals surface area contributed by atoms with Gasteiger partial charge in [-0.05, 0) is 33.2 Å². The van der Waals surface area contributed by atoms with Crippen LogP contribution < -0.4 is 5.32 Å². The molecule has 0 aromatic rings. The summed E-state index contributed by atoms with van der Waals surface area (Å²) < 4.78 is 0. The molecule has 1 aliphatic heterocycles. The van der Waals surface area contributed by atoms with E-state index in [1.165, 1.54) is 32.5 Å². The van der Waals surface area contributed by atoms with Crippen molar-refractivity contribution in [2.24, 2.45) is 0 Å². The van der Waals surface area contributed by atoms with E-state index in [4.69, 9.17) is 0 Å². The van der Waals surface area contributed by atoms with Crippen LogP contribution in [-0.2, 0) is 0 Å². The zero-order chi connectivity index (χ0) is 12.3. The second-order valence-corrected chi connectivity index (χ2v) is 5.76. The van der Waals surface area contributed by atoms with Gasteiger partial charge in [-0.15, -0.1) is 0 Å². The lowest BCUT2D eigenvalue weighted by Gasteiger charge is -2.38. The van der Waals surface area contributed by atoms with Gasteiger partial charge in [0.2, 0.25) is 0 Å². The summed E-state index contributed by atoms with van der Waals surface area (Å²) in [6.45, 7) is 7.19. The summed E-state index contributed by atoms with van der Waals surface area (Å²) in [4.78, 5) is 4.95. The fraction of sp³-hybridized carbons (Fsp3) is 1.00. The molecule has 4 nitrogen and oxygen atoms in total. The van der Waals surface area contributed by atoms with E-state index in [1.807, 2.05) is 0 Å². The first-order valence-corrected chi connectivity index (χ1v) is 6.98. The Morgan fingerprint density at radius 2 is 2.12 bits per heavy atom. The molecule has 1 heterocycles. The Morgan fingerprint density at radius 1 is 1.35 bits per heavy atom. The van der Waals surface area contributed by atoms with Crippen molar-refractivity contribution in [3.05, 3.63) is 0 Å². The monoisotopic (exact) mass is 241 g/mol. The fourth-order valence-electron chi connectivity index (χ4n) is 2.64. The summed E-state index contributed by atoms with van der Waals surface area (Å²) in [5.74, 6) is 0. The van der Waals surface area contributed by atoms with Gasteiger partial charge in [0.15, 0.2) is 0 Å². The molecule has 0 aromatic carbocycles. The number of likely N-dealkylation sites (N-methyl/N-ethyl adjacent to an activating group) is 1. The lowest BCUT2D eigenvalue weighted by molar-refractivity contribution is 0.0923. The molecule has 0 bridgehead atoms. The molecule has 2 N–H and O–H groups in total. The van der Waals surface area contributed by atoms with Gasteiger partial charge in [0, 0.05) is 44.3 Å². The highest BCUT2D eigenvalue weighted by Gasteiger charge is 2.26. The second kappa shape index (κ2) is 6.14. The van der Waals surface area contributed by atoms with Crippen molar-refractivity contribution < 1.29 is 5.11 Å². The standard InChI is InChI=1S/C13H27N3O/c1-11-9-15(2)7-8-16(11)6-5-13(10-17)14-12-3-4-12/h11-14,17H,3-10H2,1-2H3. The minimum atomic E-state index is 0.276. The Balaban J connectivity index is 1.68. The molecule has 0 aromatic heterocycles. The Hall–Kier alpha value is -0.160. The number of hydrogen-bond donors (Lipinski definition) is 2. The van der Waals surface area contributed by atoms with Gasteiger partial charge < -0.3 is 15.3 Å². The highest BCUT2D eigenvalue weighted by Crippen LogP contribution is 2.20. The van der Waals surface area contributed by atoms with E-state index in [1.54, 1.807) is 0 Å². The van der Waals surface area contributed by atoms with Gasteiger partial charge >= 0.3 is 0 Å². The fourth-order valence-corrected chi connectivity index (χ4v) is 2.64. The van der Waals surface area contributed by atoms with Crippen LogP contribution in [0.3, 0.4) is 0 Å². The predicted octanol–water partition coefficient (Wildman–Crippen LogP) is 0.125. The van der Waals surface area contributed by atoms with E-state index in [9.17, 15) is 5.11 Å². The van der Waals surface area contributed by atoms with Crippen molar-refractivity contribution in [3.8, 4) is 0 Å². The van der Waals surface area contributed by atoms with Crippen LogP contribution in [0.25, 0.3) is 0 Å². The van der Waals surface area contributed by atoms with Crippen molar-refractivity contribution in [1.82, 2.24) is 15.1 Å². The molecule has 0 radical (unpaired) electrons. The van der Waals surface area contributed by atoms with Crippen LogP contribution in [0.15, 0.2) is 0 Å². The number of rotatable bonds is 6.